The van der Waals surface area contributed by atoms with Crippen molar-refractivity contribution in [3.8, 4) is 0 Å². The Morgan fingerprint density at radius 1 is 1.27 bits per heavy atom. The fourth-order valence-electron chi connectivity index (χ4n) is 1.000. The molecule has 0 spiro atoms. The molecule has 0 fully saturated rings. The number of esters is 1. The van der Waals surface area contributed by atoms with Crippen LogP contribution in [0.2, 0.25) is 0 Å². The third-order valence-corrected chi connectivity index (χ3v) is 2.61. The number of carbonyl (C=O) groups excluding carboxylic acids is 1. The van der Waals surface area contributed by atoms with E-state index in [1.54, 1.807) is 6.92 Å². The van der Waals surface area contributed by atoms with E-state index in [-0.39, 0.29) is 11.6 Å². The van der Waals surface area contributed by atoms with Gasteiger partial charge >= 0.3 is 5.97 Å². The van der Waals surface area contributed by atoms with Gasteiger partial charge in [-0.25, -0.2) is 4.79 Å². The van der Waals surface area contributed by atoms with Crippen LogP contribution in [0.3, 0.4) is 0 Å². The van der Waals surface area contributed by atoms with E-state index in [0.29, 0.717) is 18.8 Å². The van der Waals surface area contributed by atoms with Crippen molar-refractivity contribution >= 4 is 5.97 Å². The van der Waals surface area contributed by atoms with E-state index in [9.17, 15) is 4.79 Å². The van der Waals surface area contributed by atoms with E-state index in [1.165, 1.54) is 0 Å². The zero-order valence-corrected chi connectivity index (χ0v) is 10.3. The summed E-state index contributed by atoms with van der Waals surface area (Å²) in [6, 6.07) is 0. The molecule has 3 heteroatoms. The molecule has 88 valence electrons. The maximum atomic E-state index is 11.0. The van der Waals surface area contributed by atoms with Gasteiger partial charge in [0, 0.05) is 5.57 Å². The highest BCUT2D eigenvalue weighted by Gasteiger charge is 2.19. The number of rotatable bonds is 7. The summed E-state index contributed by atoms with van der Waals surface area (Å²) in [5, 5.41) is 0. The molecule has 0 aliphatic heterocycles. The van der Waals surface area contributed by atoms with Gasteiger partial charge in [-0.2, -0.15) is 0 Å². The van der Waals surface area contributed by atoms with Gasteiger partial charge in [-0.3, -0.25) is 0 Å². The summed E-state index contributed by atoms with van der Waals surface area (Å²) in [4.78, 5) is 11.0. The van der Waals surface area contributed by atoms with Gasteiger partial charge in [0.2, 0.25) is 0 Å². The lowest BCUT2D eigenvalue weighted by atomic mass is 10.0. The van der Waals surface area contributed by atoms with Crippen molar-refractivity contribution in [2.75, 3.05) is 13.2 Å². The first-order valence-corrected chi connectivity index (χ1v) is 5.41. The Morgan fingerprint density at radius 3 is 2.20 bits per heavy atom. The Labute approximate surface area is 92.5 Å². The molecule has 0 aliphatic carbocycles. The second-order valence-electron chi connectivity index (χ2n) is 3.92. The van der Waals surface area contributed by atoms with Crippen LogP contribution < -0.4 is 0 Å². The van der Waals surface area contributed by atoms with Crippen LogP contribution in [0.5, 0.6) is 0 Å². The second kappa shape index (κ2) is 6.62. The topological polar surface area (TPSA) is 35.5 Å². The zero-order chi connectivity index (χ0) is 11.9. The fourth-order valence-corrected chi connectivity index (χ4v) is 1.000. The Hall–Kier alpha value is -0.830. The number of ether oxygens (including phenoxy) is 2. The molecule has 0 unspecified atom stereocenters. The Bertz CT molecular complexity index is 217. The highest BCUT2D eigenvalue weighted by atomic mass is 16.6. The molecule has 0 radical (unpaired) electrons. The van der Waals surface area contributed by atoms with Gasteiger partial charge in [0.25, 0.3) is 0 Å². The first-order valence-electron chi connectivity index (χ1n) is 5.41. The van der Waals surface area contributed by atoms with E-state index < -0.39 is 0 Å². The van der Waals surface area contributed by atoms with Crippen molar-refractivity contribution in [2.24, 2.45) is 0 Å². The van der Waals surface area contributed by atoms with Crippen LogP contribution in [0.25, 0.3) is 0 Å². The molecule has 0 aromatic rings. The first-order chi connectivity index (χ1) is 6.95. The highest BCUT2D eigenvalue weighted by Crippen LogP contribution is 2.18. The second-order valence-corrected chi connectivity index (χ2v) is 3.92. The van der Waals surface area contributed by atoms with E-state index >= 15 is 0 Å². The van der Waals surface area contributed by atoms with Crippen LogP contribution in [0, 0.1) is 0 Å². The predicted octanol–water partition coefficient (Wildman–Crippen LogP) is 2.70. The minimum absolute atomic E-state index is 0.102. The molecule has 0 atom stereocenters. The average Bonchev–Trinajstić information content (AvgIpc) is 2.23. The lowest BCUT2D eigenvalue weighted by Gasteiger charge is -2.27. The van der Waals surface area contributed by atoms with Crippen molar-refractivity contribution in [2.45, 2.75) is 46.1 Å². The molecule has 0 amide bonds. The Kier molecular flexibility index (Phi) is 6.25. The number of carbonyl (C=O) groups is 1. The molecule has 0 heterocycles. The molecular weight excluding hydrogens is 192 g/mol. The van der Waals surface area contributed by atoms with Gasteiger partial charge in [-0.15, -0.1) is 0 Å². The van der Waals surface area contributed by atoms with E-state index in [2.05, 4.69) is 27.4 Å². The summed E-state index contributed by atoms with van der Waals surface area (Å²) in [5.74, 6) is -0.353. The maximum Gasteiger partial charge on any atom is 0.333 e. The molecule has 0 saturated carbocycles. The van der Waals surface area contributed by atoms with Gasteiger partial charge in [0.1, 0.15) is 6.61 Å². The zero-order valence-electron chi connectivity index (χ0n) is 10.3. The van der Waals surface area contributed by atoms with Crippen LogP contribution in [0.15, 0.2) is 12.2 Å². The Morgan fingerprint density at radius 2 is 1.80 bits per heavy atom. The molecule has 3 nitrogen and oxygen atoms in total. The SMILES string of the molecule is C=C(C)C(=O)OCCOC(C)(CC)CC. The van der Waals surface area contributed by atoms with Crippen LogP contribution in [0.4, 0.5) is 0 Å². The molecule has 0 saturated heterocycles. The van der Waals surface area contributed by atoms with E-state index in [4.69, 9.17) is 9.47 Å². The molecule has 0 aliphatic rings. The first kappa shape index (κ1) is 14.2. The van der Waals surface area contributed by atoms with Gasteiger partial charge in [-0.1, -0.05) is 20.4 Å². The summed E-state index contributed by atoms with van der Waals surface area (Å²) in [6.07, 6.45) is 1.91. The van der Waals surface area contributed by atoms with Gasteiger partial charge in [0.05, 0.1) is 12.2 Å². The van der Waals surface area contributed by atoms with E-state index in [0.717, 1.165) is 12.8 Å². The third kappa shape index (κ3) is 5.57. The molecular formula is C12H22O3. The molecule has 15 heavy (non-hydrogen) atoms. The van der Waals surface area contributed by atoms with E-state index in [1.807, 2.05) is 0 Å². The monoisotopic (exact) mass is 214 g/mol. The Balaban J connectivity index is 3.71. The summed E-state index contributed by atoms with van der Waals surface area (Å²) in [7, 11) is 0. The minimum Gasteiger partial charge on any atom is -0.460 e. The van der Waals surface area contributed by atoms with Crippen LogP contribution in [0.1, 0.15) is 40.5 Å². The summed E-state index contributed by atoms with van der Waals surface area (Å²) in [6.45, 7) is 12.1. The number of hydrogen-bond acceptors (Lipinski definition) is 3. The van der Waals surface area contributed by atoms with Crippen molar-refractivity contribution < 1.29 is 14.3 Å². The van der Waals surface area contributed by atoms with Crippen LogP contribution >= 0.6 is 0 Å². The average molecular weight is 214 g/mol. The molecule has 0 bridgehead atoms. The van der Waals surface area contributed by atoms with Gasteiger partial charge in [-0.05, 0) is 26.7 Å². The van der Waals surface area contributed by atoms with Crippen molar-refractivity contribution in [1.29, 1.82) is 0 Å². The lowest BCUT2D eigenvalue weighted by Crippen LogP contribution is -2.28. The highest BCUT2D eigenvalue weighted by molar-refractivity contribution is 5.86. The smallest absolute Gasteiger partial charge is 0.333 e. The number of hydrogen-bond donors (Lipinski definition) is 0. The molecule has 0 rings (SSSR count). The molecule has 0 aromatic carbocycles. The molecule has 0 aromatic heterocycles. The standard InChI is InChI=1S/C12H22O3/c1-6-12(5,7-2)15-9-8-14-11(13)10(3)4/h3,6-9H2,1-2,4-5H3. The fraction of sp³-hybridized carbons (Fsp3) is 0.750. The minimum atomic E-state index is -0.353. The normalized spacial score (nSPS) is 11.2. The molecule has 0 N–H and O–H groups in total. The largest absolute Gasteiger partial charge is 0.460 e. The van der Waals surface area contributed by atoms with Crippen molar-refractivity contribution in [1.82, 2.24) is 0 Å². The van der Waals surface area contributed by atoms with Gasteiger partial charge in [0.15, 0.2) is 0 Å². The predicted molar refractivity (Wildman–Crippen MR) is 60.7 cm³/mol. The summed E-state index contributed by atoms with van der Waals surface area (Å²) in [5.41, 5.74) is 0.319. The third-order valence-electron chi connectivity index (χ3n) is 2.61. The summed E-state index contributed by atoms with van der Waals surface area (Å²) >= 11 is 0. The van der Waals surface area contributed by atoms with Crippen molar-refractivity contribution in [3.05, 3.63) is 12.2 Å². The van der Waals surface area contributed by atoms with Gasteiger partial charge < -0.3 is 9.47 Å². The van der Waals surface area contributed by atoms with Crippen LogP contribution in [-0.2, 0) is 14.3 Å². The maximum absolute atomic E-state index is 11.0. The quantitative estimate of drug-likeness (QED) is 0.371. The van der Waals surface area contributed by atoms with Crippen molar-refractivity contribution in [3.63, 3.8) is 0 Å². The summed E-state index contributed by atoms with van der Waals surface area (Å²) < 4.78 is 10.6. The lowest BCUT2D eigenvalue weighted by molar-refractivity contribution is -0.143. The van der Waals surface area contributed by atoms with Crippen LogP contribution in [-0.4, -0.2) is 24.8 Å².